The molecule has 0 amide bonds. The monoisotopic (exact) mass is 235 g/mol. The van der Waals surface area contributed by atoms with Crippen molar-refractivity contribution in [3.05, 3.63) is 33.8 Å². The summed E-state index contributed by atoms with van der Waals surface area (Å²) in [5.41, 5.74) is 0.0619. The van der Waals surface area contributed by atoms with Crippen molar-refractivity contribution in [3.8, 4) is 0 Å². The molecule has 66 valence electrons. The fraction of sp³-hybridized carbons (Fsp3) is 0.250. The van der Waals surface area contributed by atoms with Crippen LogP contribution in [0.1, 0.15) is 5.56 Å². The third-order valence-corrected chi connectivity index (χ3v) is 2.10. The number of rotatable bonds is 2. The van der Waals surface area contributed by atoms with E-state index >= 15 is 0 Å². The van der Waals surface area contributed by atoms with Gasteiger partial charge in [-0.3, -0.25) is 0 Å². The van der Waals surface area contributed by atoms with Crippen LogP contribution in [0.4, 0.5) is 8.78 Å². The molecule has 1 aromatic rings. The maximum Gasteiger partial charge on any atom is 0.144 e. The minimum atomic E-state index is -0.538. The summed E-state index contributed by atoms with van der Waals surface area (Å²) < 4.78 is 26.3. The Labute approximate surface area is 77.9 Å². The van der Waals surface area contributed by atoms with E-state index in [1.54, 1.807) is 7.05 Å². The van der Waals surface area contributed by atoms with E-state index in [0.717, 1.165) is 0 Å². The molecule has 0 radical (unpaired) electrons. The van der Waals surface area contributed by atoms with Crippen LogP contribution in [0.2, 0.25) is 0 Å². The Morgan fingerprint density at radius 3 is 2.67 bits per heavy atom. The van der Waals surface area contributed by atoms with Crippen LogP contribution in [0.5, 0.6) is 0 Å². The predicted octanol–water partition coefficient (Wildman–Crippen LogP) is 2.45. The van der Waals surface area contributed by atoms with Gasteiger partial charge in [-0.15, -0.1) is 0 Å². The Morgan fingerprint density at radius 1 is 1.42 bits per heavy atom. The van der Waals surface area contributed by atoms with E-state index in [1.165, 1.54) is 12.1 Å². The van der Waals surface area contributed by atoms with E-state index in [1.807, 2.05) is 0 Å². The number of hydrogen-bond donors (Lipinski definition) is 1. The molecule has 1 nitrogen and oxygen atoms in total. The van der Waals surface area contributed by atoms with Gasteiger partial charge in [-0.2, -0.15) is 0 Å². The molecular formula is C8H8BrF2N. The highest BCUT2D eigenvalue weighted by Crippen LogP contribution is 2.21. The van der Waals surface area contributed by atoms with Gasteiger partial charge in [0.2, 0.25) is 0 Å². The van der Waals surface area contributed by atoms with Crippen molar-refractivity contribution in [2.75, 3.05) is 7.05 Å². The highest BCUT2D eigenvalue weighted by Gasteiger charge is 2.10. The lowest BCUT2D eigenvalue weighted by Crippen LogP contribution is -2.09. The van der Waals surface area contributed by atoms with E-state index in [4.69, 9.17) is 0 Å². The first-order chi connectivity index (χ1) is 5.66. The standard InChI is InChI=1S/C8H8BrF2N/c1-12-4-5-7(10)3-2-6(9)8(5)11/h2-3,12H,4H2,1H3. The van der Waals surface area contributed by atoms with Crippen LogP contribution in [0.15, 0.2) is 16.6 Å². The predicted molar refractivity (Wildman–Crippen MR) is 46.8 cm³/mol. The highest BCUT2D eigenvalue weighted by molar-refractivity contribution is 9.10. The SMILES string of the molecule is CNCc1c(F)ccc(Br)c1F. The number of halogens is 3. The summed E-state index contributed by atoms with van der Waals surface area (Å²) in [5.74, 6) is -1.06. The molecule has 0 atom stereocenters. The topological polar surface area (TPSA) is 12.0 Å². The van der Waals surface area contributed by atoms with Gasteiger partial charge in [0.1, 0.15) is 11.6 Å². The number of hydrogen-bond acceptors (Lipinski definition) is 1. The Morgan fingerprint density at radius 2 is 2.08 bits per heavy atom. The highest BCUT2D eigenvalue weighted by atomic mass is 79.9. The van der Waals surface area contributed by atoms with E-state index in [0.29, 0.717) is 0 Å². The molecule has 4 heteroatoms. The van der Waals surface area contributed by atoms with E-state index in [9.17, 15) is 8.78 Å². The molecule has 1 aromatic carbocycles. The molecule has 0 aliphatic carbocycles. The van der Waals surface area contributed by atoms with Gasteiger partial charge in [0, 0.05) is 12.1 Å². The molecule has 0 aliphatic heterocycles. The summed E-state index contributed by atoms with van der Waals surface area (Å²) in [6, 6.07) is 2.59. The van der Waals surface area contributed by atoms with Crippen LogP contribution in [-0.4, -0.2) is 7.05 Å². The van der Waals surface area contributed by atoms with Crippen LogP contribution in [0, 0.1) is 11.6 Å². The fourth-order valence-corrected chi connectivity index (χ4v) is 1.28. The summed E-state index contributed by atoms with van der Waals surface area (Å²) in [5, 5.41) is 2.69. The third kappa shape index (κ3) is 1.81. The van der Waals surface area contributed by atoms with Gasteiger partial charge >= 0.3 is 0 Å². The van der Waals surface area contributed by atoms with Gasteiger partial charge in [0.05, 0.1) is 4.47 Å². The molecule has 0 bridgehead atoms. The minimum Gasteiger partial charge on any atom is -0.315 e. The van der Waals surface area contributed by atoms with E-state index < -0.39 is 11.6 Å². The first-order valence-electron chi connectivity index (χ1n) is 3.43. The molecule has 0 aromatic heterocycles. The number of nitrogens with one attached hydrogen (secondary N) is 1. The summed E-state index contributed by atoms with van der Waals surface area (Å²) >= 11 is 2.98. The maximum atomic E-state index is 13.1. The lowest BCUT2D eigenvalue weighted by atomic mass is 10.2. The zero-order valence-electron chi connectivity index (χ0n) is 6.50. The van der Waals surface area contributed by atoms with E-state index in [2.05, 4.69) is 21.2 Å². The van der Waals surface area contributed by atoms with Crippen LogP contribution in [-0.2, 0) is 6.54 Å². The second-order valence-corrected chi connectivity index (χ2v) is 3.21. The van der Waals surface area contributed by atoms with Gasteiger partial charge in [-0.25, -0.2) is 8.78 Å². The normalized spacial score (nSPS) is 10.3. The molecule has 0 heterocycles. The summed E-state index contributed by atoms with van der Waals surface area (Å²) in [4.78, 5) is 0. The molecule has 0 saturated carbocycles. The average Bonchev–Trinajstić information content (AvgIpc) is 2.06. The molecule has 0 aliphatic rings. The zero-order valence-corrected chi connectivity index (χ0v) is 8.08. The van der Waals surface area contributed by atoms with Crippen LogP contribution in [0.3, 0.4) is 0 Å². The summed E-state index contributed by atoms with van der Waals surface area (Å²) in [6.45, 7) is 0.192. The molecule has 0 spiro atoms. The second kappa shape index (κ2) is 3.96. The molecule has 12 heavy (non-hydrogen) atoms. The summed E-state index contributed by atoms with van der Waals surface area (Å²) in [7, 11) is 1.64. The summed E-state index contributed by atoms with van der Waals surface area (Å²) in [6.07, 6.45) is 0. The van der Waals surface area contributed by atoms with Gasteiger partial charge in [0.25, 0.3) is 0 Å². The molecule has 1 N–H and O–H groups in total. The number of benzene rings is 1. The van der Waals surface area contributed by atoms with Crippen molar-refractivity contribution >= 4 is 15.9 Å². The first-order valence-corrected chi connectivity index (χ1v) is 4.23. The molecule has 0 saturated heterocycles. The van der Waals surface area contributed by atoms with Gasteiger partial charge in [0.15, 0.2) is 0 Å². The van der Waals surface area contributed by atoms with Crippen molar-refractivity contribution in [1.82, 2.24) is 5.32 Å². The zero-order chi connectivity index (χ0) is 9.14. The molecule has 0 unspecified atom stereocenters. The minimum absolute atomic E-state index is 0.0619. The van der Waals surface area contributed by atoms with Gasteiger partial charge in [-0.1, -0.05) is 0 Å². The largest absolute Gasteiger partial charge is 0.315 e. The van der Waals surface area contributed by atoms with Crippen molar-refractivity contribution in [2.45, 2.75) is 6.54 Å². The Bertz CT molecular complexity index is 289. The van der Waals surface area contributed by atoms with Crippen LogP contribution >= 0.6 is 15.9 Å². The van der Waals surface area contributed by atoms with Gasteiger partial charge in [-0.05, 0) is 35.1 Å². The van der Waals surface area contributed by atoms with Crippen molar-refractivity contribution in [3.63, 3.8) is 0 Å². The Hall–Kier alpha value is -0.480. The molecule has 0 fully saturated rings. The fourth-order valence-electron chi connectivity index (χ4n) is 0.908. The maximum absolute atomic E-state index is 13.1. The second-order valence-electron chi connectivity index (χ2n) is 2.35. The van der Waals surface area contributed by atoms with Crippen molar-refractivity contribution < 1.29 is 8.78 Å². The first kappa shape index (κ1) is 9.61. The van der Waals surface area contributed by atoms with Crippen LogP contribution < -0.4 is 5.32 Å². The van der Waals surface area contributed by atoms with E-state index in [-0.39, 0.29) is 16.6 Å². The lowest BCUT2D eigenvalue weighted by Gasteiger charge is -2.04. The smallest absolute Gasteiger partial charge is 0.144 e. The Kier molecular flexibility index (Phi) is 3.17. The van der Waals surface area contributed by atoms with Crippen LogP contribution in [0.25, 0.3) is 0 Å². The van der Waals surface area contributed by atoms with Crippen molar-refractivity contribution in [2.24, 2.45) is 0 Å². The third-order valence-electron chi connectivity index (χ3n) is 1.49. The van der Waals surface area contributed by atoms with Crippen molar-refractivity contribution in [1.29, 1.82) is 0 Å². The van der Waals surface area contributed by atoms with Gasteiger partial charge < -0.3 is 5.32 Å². The molecule has 1 rings (SSSR count). The lowest BCUT2D eigenvalue weighted by molar-refractivity contribution is 0.542. The quantitative estimate of drug-likeness (QED) is 0.777. The molecular weight excluding hydrogens is 228 g/mol. The Balaban J connectivity index is 3.14. The average molecular weight is 236 g/mol.